The van der Waals surface area contributed by atoms with Gasteiger partial charge in [-0.05, 0) is 18.2 Å². The third-order valence-electron chi connectivity index (χ3n) is 2.02. The predicted molar refractivity (Wildman–Crippen MR) is 59.5 cm³/mol. The van der Waals surface area contributed by atoms with Gasteiger partial charge in [0.15, 0.2) is 6.61 Å². The van der Waals surface area contributed by atoms with Crippen LogP contribution in [0.2, 0.25) is 0 Å². The minimum atomic E-state index is -4.60. The number of alkyl halides is 3. The lowest BCUT2D eigenvalue weighted by molar-refractivity contribution is -0.137. The monoisotopic (exact) mass is 290 g/mol. The molecule has 0 aliphatic heterocycles. The van der Waals surface area contributed by atoms with Crippen molar-refractivity contribution in [1.82, 2.24) is 5.32 Å². The third kappa shape index (κ3) is 4.59. The van der Waals surface area contributed by atoms with Crippen LogP contribution in [0.5, 0.6) is 0 Å². The van der Waals surface area contributed by atoms with Crippen LogP contribution in [0.1, 0.15) is 15.9 Å². The Morgan fingerprint density at radius 2 is 1.90 bits per heavy atom. The van der Waals surface area contributed by atoms with Gasteiger partial charge in [0.25, 0.3) is 5.91 Å². The summed E-state index contributed by atoms with van der Waals surface area (Å²) in [6.45, 7) is -0.835. The summed E-state index contributed by atoms with van der Waals surface area (Å²) < 4.78 is 41.7. The number of esters is 1. The molecule has 0 bridgehead atoms. The van der Waals surface area contributed by atoms with Gasteiger partial charge in [0.1, 0.15) is 0 Å². The molecule has 1 aromatic carbocycles. The minimum Gasteiger partial charge on any atom is -0.452 e. The molecule has 3 N–H and O–H groups in total. The van der Waals surface area contributed by atoms with Gasteiger partial charge >= 0.3 is 18.2 Å². The molecule has 0 aromatic heterocycles. The van der Waals surface area contributed by atoms with E-state index < -0.39 is 36.3 Å². The van der Waals surface area contributed by atoms with Gasteiger partial charge in [-0.3, -0.25) is 10.1 Å². The number of imide groups is 1. The molecule has 0 saturated heterocycles. The Bertz CT molecular complexity index is 543. The molecule has 0 fully saturated rings. The quantitative estimate of drug-likeness (QED) is 0.813. The van der Waals surface area contributed by atoms with E-state index in [4.69, 9.17) is 0 Å². The lowest BCUT2D eigenvalue weighted by atomic mass is 10.1. The second-order valence-electron chi connectivity index (χ2n) is 3.57. The molecule has 0 heterocycles. The van der Waals surface area contributed by atoms with Gasteiger partial charge in [-0.1, -0.05) is 6.07 Å². The average Bonchev–Trinajstić information content (AvgIpc) is 2.34. The molecule has 1 aromatic rings. The van der Waals surface area contributed by atoms with Crippen LogP contribution in [-0.4, -0.2) is 24.5 Å². The van der Waals surface area contributed by atoms with Crippen molar-refractivity contribution in [2.24, 2.45) is 5.73 Å². The highest BCUT2D eigenvalue weighted by atomic mass is 19.4. The molecule has 1 rings (SSSR count). The Hall–Kier alpha value is -2.58. The molecule has 0 spiro atoms. The Kier molecular flexibility index (Phi) is 4.68. The van der Waals surface area contributed by atoms with Gasteiger partial charge in [-0.25, -0.2) is 9.59 Å². The molecule has 0 radical (unpaired) electrons. The van der Waals surface area contributed by atoms with Crippen molar-refractivity contribution in [3.8, 4) is 0 Å². The maximum absolute atomic E-state index is 12.4. The van der Waals surface area contributed by atoms with Crippen molar-refractivity contribution in [2.75, 3.05) is 6.61 Å². The highest BCUT2D eigenvalue weighted by Gasteiger charge is 2.31. The lowest BCUT2D eigenvalue weighted by Gasteiger charge is -2.08. The van der Waals surface area contributed by atoms with Gasteiger partial charge in [0, 0.05) is 0 Å². The first-order valence-corrected chi connectivity index (χ1v) is 5.14. The van der Waals surface area contributed by atoms with Gasteiger partial charge in [-0.15, -0.1) is 0 Å². The number of urea groups is 1. The summed E-state index contributed by atoms with van der Waals surface area (Å²) in [5, 5.41) is 1.63. The molecule has 9 heteroatoms. The molecule has 0 aliphatic carbocycles. The van der Waals surface area contributed by atoms with Gasteiger partial charge in [0.05, 0.1) is 11.1 Å². The molecule has 6 nitrogen and oxygen atoms in total. The van der Waals surface area contributed by atoms with E-state index in [9.17, 15) is 27.6 Å². The van der Waals surface area contributed by atoms with Crippen LogP contribution >= 0.6 is 0 Å². The Morgan fingerprint density at radius 1 is 1.25 bits per heavy atom. The van der Waals surface area contributed by atoms with E-state index in [1.165, 1.54) is 0 Å². The van der Waals surface area contributed by atoms with Crippen LogP contribution < -0.4 is 11.1 Å². The summed E-state index contributed by atoms with van der Waals surface area (Å²) in [5.41, 5.74) is 3.25. The summed E-state index contributed by atoms with van der Waals surface area (Å²) >= 11 is 0. The number of halogens is 3. The Labute approximate surface area is 110 Å². The molecule has 3 amide bonds. The minimum absolute atomic E-state index is 0.369. The lowest BCUT2D eigenvalue weighted by Crippen LogP contribution is -2.37. The number of carbonyl (C=O) groups is 3. The first kappa shape index (κ1) is 15.5. The molecule has 0 atom stereocenters. The number of benzene rings is 1. The van der Waals surface area contributed by atoms with Crippen LogP contribution in [0.15, 0.2) is 24.3 Å². The third-order valence-corrected chi connectivity index (χ3v) is 2.02. The van der Waals surface area contributed by atoms with E-state index in [-0.39, 0.29) is 5.56 Å². The van der Waals surface area contributed by atoms with Gasteiger partial charge < -0.3 is 10.5 Å². The van der Waals surface area contributed by atoms with E-state index >= 15 is 0 Å². The number of nitrogens with two attached hydrogens (primary N) is 1. The van der Waals surface area contributed by atoms with Crippen LogP contribution in [-0.2, 0) is 15.7 Å². The Balaban J connectivity index is 2.69. The zero-order valence-corrected chi connectivity index (χ0v) is 9.86. The maximum atomic E-state index is 12.4. The fraction of sp³-hybridized carbons (Fsp3) is 0.182. The van der Waals surface area contributed by atoms with Crippen molar-refractivity contribution in [2.45, 2.75) is 6.18 Å². The van der Waals surface area contributed by atoms with E-state index in [1.54, 1.807) is 5.32 Å². The number of ether oxygens (including phenoxy) is 1. The molecule has 0 unspecified atom stereocenters. The van der Waals surface area contributed by atoms with E-state index in [0.717, 1.165) is 18.2 Å². The average molecular weight is 290 g/mol. The van der Waals surface area contributed by atoms with Gasteiger partial charge in [0.2, 0.25) is 0 Å². The smallest absolute Gasteiger partial charge is 0.416 e. The molecular formula is C11H9F3N2O4. The van der Waals surface area contributed by atoms with Crippen molar-refractivity contribution < 1.29 is 32.3 Å². The van der Waals surface area contributed by atoms with Crippen LogP contribution in [0.4, 0.5) is 18.0 Å². The fourth-order valence-electron chi connectivity index (χ4n) is 1.21. The van der Waals surface area contributed by atoms with Crippen LogP contribution in [0.3, 0.4) is 0 Å². The number of primary amides is 1. The van der Waals surface area contributed by atoms with Crippen molar-refractivity contribution in [1.29, 1.82) is 0 Å². The van der Waals surface area contributed by atoms with Crippen LogP contribution in [0.25, 0.3) is 0 Å². The first-order chi connectivity index (χ1) is 9.20. The Morgan fingerprint density at radius 3 is 2.45 bits per heavy atom. The topological polar surface area (TPSA) is 98.5 Å². The summed E-state index contributed by atoms with van der Waals surface area (Å²) in [6.07, 6.45) is -4.60. The zero-order valence-electron chi connectivity index (χ0n) is 9.86. The number of carbonyl (C=O) groups excluding carboxylic acids is 3. The number of rotatable bonds is 3. The predicted octanol–water partition coefficient (Wildman–Crippen LogP) is 1.06. The molecule has 0 aliphatic rings. The molecule has 0 saturated carbocycles. The van der Waals surface area contributed by atoms with Crippen molar-refractivity contribution >= 4 is 17.9 Å². The summed E-state index contributed by atoms with van der Waals surface area (Å²) in [4.78, 5) is 32.7. The second-order valence-corrected chi connectivity index (χ2v) is 3.57. The fourth-order valence-corrected chi connectivity index (χ4v) is 1.21. The standard InChI is InChI=1S/C11H9F3N2O4/c12-11(13,14)7-3-1-2-6(4-7)9(18)20-5-8(17)16-10(15)19/h1-4H,5H2,(H3,15,16,17,19). The highest BCUT2D eigenvalue weighted by Crippen LogP contribution is 2.29. The highest BCUT2D eigenvalue weighted by molar-refractivity contribution is 5.96. The van der Waals surface area contributed by atoms with Gasteiger partial charge in [-0.2, -0.15) is 13.2 Å². The maximum Gasteiger partial charge on any atom is 0.416 e. The number of amides is 3. The molecule has 20 heavy (non-hydrogen) atoms. The first-order valence-electron chi connectivity index (χ1n) is 5.14. The largest absolute Gasteiger partial charge is 0.452 e. The second kappa shape index (κ2) is 6.04. The molecular weight excluding hydrogens is 281 g/mol. The SMILES string of the molecule is NC(=O)NC(=O)COC(=O)c1cccc(C(F)(F)F)c1. The van der Waals surface area contributed by atoms with E-state index in [0.29, 0.717) is 6.07 Å². The van der Waals surface area contributed by atoms with Crippen molar-refractivity contribution in [3.05, 3.63) is 35.4 Å². The summed E-state index contributed by atoms with van der Waals surface area (Å²) in [5.74, 6) is -2.12. The molecule has 108 valence electrons. The van der Waals surface area contributed by atoms with E-state index in [2.05, 4.69) is 10.5 Å². The normalized spacial score (nSPS) is 10.8. The van der Waals surface area contributed by atoms with Crippen molar-refractivity contribution in [3.63, 3.8) is 0 Å². The number of hydrogen-bond acceptors (Lipinski definition) is 4. The number of hydrogen-bond donors (Lipinski definition) is 2. The van der Waals surface area contributed by atoms with E-state index in [1.807, 2.05) is 0 Å². The summed E-state index contributed by atoms with van der Waals surface area (Å²) in [7, 11) is 0. The zero-order chi connectivity index (χ0) is 15.3. The number of nitrogens with one attached hydrogen (secondary N) is 1. The van der Waals surface area contributed by atoms with Crippen LogP contribution in [0, 0.1) is 0 Å². The summed E-state index contributed by atoms with van der Waals surface area (Å²) in [6, 6.07) is 2.38.